The maximum Gasteiger partial charge on any atom is 0.573 e. The van der Waals surface area contributed by atoms with Crippen LogP contribution >= 0.6 is 24.0 Å². The lowest BCUT2D eigenvalue weighted by Crippen LogP contribution is -2.22. The number of benzene rings is 2. The van der Waals surface area contributed by atoms with Gasteiger partial charge in [0.1, 0.15) is 5.75 Å². The molecular formula is C16H16F4IN3O2. The molecule has 0 fully saturated rings. The Balaban J connectivity index is 0.00000338. The predicted molar refractivity (Wildman–Crippen MR) is 100 cm³/mol. The molecule has 0 aromatic heterocycles. The number of anilines is 1. The van der Waals surface area contributed by atoms with Gasteiger partial charge in [0.05, 0.1) is 13.7 Å². The summed E-state index contributed by atoms with van der Waals surface area (Å²) in [6.07, 6.45) is -4.75. The minimum atomic E-state index is -4.75. The number of nitrogens with zero attached hydrogens (tertiary/aromatic N) is 1. The molecule has 5 nitrogen and oxygen atoms in total. The lowest BCUT2D eigenvalue weighted by Gasteiger charge is -2.10. The third kappa shape index (κ3) is 6.94. The van der Waals surface area contributed by atoms with Crippen molar-refractivity contribution in [2.75, 3.05) is 12.4 Å². The molecule has 0 aliphatic heterocycles. The van der Waals surface area contributed by atoms with E-state index in [9.17, 15) is 17.6 Å². The van der Waals surface area contributed by atoms with Crippen LogP contribution in [-0.4, -0.2) is 19.4 Å². The van der Waals surface area contributed by atoms with E-state index in [1.807, 2.05) is 0 Å². The van der Waals surface area contributed by atoms with Gasteiger partial charge < -0.3 is 20.5 Å². The number of halogens is 5. The van der Waals surface area contributed by atoms with Gasteiger partial charge in [-0.1, -0.05) is 6.07 Å². The maximum atomic E-state index is 13.6. The van der Waals surface area contributed by atoms with Crippen LogP contribution in [0.2, 0.25) is 0 Å². The third-order valence-corrected chi connectivity index (χ3v) is 3.01. The number of guanidine groups is 1. The second kappa shape index (κ2) is 9.46. The van der Waals surface area contributed by atoms with Gasteiger partial charge >= 0.3 is 6.36 Å². The Hall–Kier alpha value is -2.24. The van der Waals surface area contributed by atoms with E-state index in [0.717, 1.165) is 12.1 Å². The van der Waals surface area contributed by atoms with Gasteiger partial charge in [-0.3, -0.25) is 0 Å². The van der Waals surface area contributed by atoms with E-state index >= 15 is 0 Å². The van der Waals surface area contributed by atoms with Crippen molar-refractivity contribution >= 4 is 35.6 Å². The van der Waals surface area contributed by atoms with Gasteiger partial charge in [-0.15, -0.1) is 37.1 Å². The van der Waals surface area contributed by atoms with E-state index in [0.29, 0.717) is 11.3 Å². The molecule has 0 atom stereocenters. The number of nitrogens with two attached hydrogens (primary N) is 1. The summed E-state index contributed by atoms with van der Waals surface area (Å²) in [4.78, 5) is 4.03. The van der Waals surface area contributed by atoms with Crippen LogP contribution in [0.25, 0.3) is 0 Å². The highest BCUT2D eigenvalue weighted by molar-refractivity contribution is 14.0. The molecule has 0 aliphatic rings. The first kappa shape index (κ1) is 21.8. The first-order valence-corrected chi connectivity index (χ1v) is 7.02. The second-order valence-corrected chi connectivity index (χ2v) is 4.87. The van der Waals surface area contributed by atoms with Crippen molar-refractivity contribution in [1.29, 1.82) is 0 Å². The number of ether oxygens (including phenoxy) is 2. The molecule has 0 saturated heterocycles. The zero-order valence-corrected chi connectivity index (χ0v) is 15.8. The Morgan fingerprint density at radius 1 is 1.15 bits per heavy atom. The Labute approximate surface area is 164 Å². The number of nitrogens with one attached hydrogen (secondary N) is 1. The van der Waals surface area contributed by atoms with Crippen LogP contribution in [0.3, 0.4) is 0 Å². The highest BCUT2D eigenvalue weighted by atomic mass is 127. The van der Waals surface area contributed by atoms with Gasteiger partial charge in [0.15, 0.2) is 17.5 Å². The largest absolute Gasteiger partial charge is 0.573 e. The van der Waals surface area contributed by atoms with E-state index in [1.54, 1.807) is 6.07 Å². The number of hydrogen-bond donors (Lipinski definition) is 2. The summed E-state index contributed by atoms with van der Waals surface area (Å²) < 4.78 is 58.4. The number of hydrogen-bond acceptors (Lipinski definition) is 3. The zero-order chi connectivity index (χ0) is 18.4. The molecule has 2 rings (SSSR count). The smallest absolute Gasteiger partial charge is 0.494 e. The summed E-state index contributed by atoms with van der Waals surface area (Å²) in [5, 5.41) is 2.71. The van der Waals surface area contributed by atoms with E-state index in [-0.39, 0.29) is 48.0 Å². The highest BCUT2D eigenvalue weighted by Gasteiger charge is 2.30. The van der Waals surface area contributed by atoms with Gasteiger partial charge in [0.25, 0.3) is 0 Å². The first-order valence-electron chi connectivity index (χ1n) is 7.02. The molecule has 0 radical (unpaired) electrons. The monoisotopic (exact) mass is 485 g/mol. The lowest BCUT2D eigenvalue weighted by molar-refractivity contribution is -0.274. The third-order valence-electron chi connectivity index (χ3n) is 3.01. The quantitative estimate of drug-likeness (QED) is 0.287. The van der Waals surface area contributed by atoms with Crippen LogP contribution in [0, 0.1) is 5.82 Å². The Kier molecular flexibility index (Phi) is 7.93. The van der Waals surface area contributed by atoms with Crippen LogP contribution in [-0.2, 0) is 6.54 Å². The van der Waals surface area contributed by atoms with E-state index in [2.05, 4.69) is 15.0 Å². The molecule has 0 saturated carbocycles. The molecule has 10 heteroatoms. The summed E-state index contributed by atoms with van der Waals surface area (Å²) >= 11 is 0. The predicted octanol–water partition coefficient (Wildman–Crippen LogP) is 4.28. The fourth-order valence-electron chi connectivity index (χ4n) is 1.91. The standard InChI is InChI=1S/C16H15F4N3O2.HI/c1-24-14-7-2-10(8-13(14)17)9-22-15(21)23-11-3-5-12(6-4-11)25-16(18,19)20;/h2-8H,9H2,1H3,(H3,21,22,23);1H. The summed E-state index contributed by atoms with van der Waals surface area (Å²) in [5.74, 6) is -0.704. The molecule has 0 aliphatic carbocycles. The molecule has 2 aromatic carbocycles. The van der Waals surface area contributed by atoms with Crippen molar-refractivity contribution in [2.24, 2.45) is 10.7 Å². The Bertz CT molecular complexity index is 752. The van der Waals surface area contributed by atoms with Crippen molar-refractivity contribution in [3.05, 3.63) is 53.8 Å². The summed E-state index contributed by atoms with van der Waals surface area (Å²) in [7, 11) is 1.36. The Morgan fingerprint density at radius 2 is 1.81 bits per heavy atom. The molecule has 0 spiro atoms. The van der Waals surface area contributed by atoms with Crippen LogP contribution in [0.4, 0.5) is 23.2 Å². The van der Waals surface area contributed by atoms with Gasteiger partial charge in [-0.2, -0.15) is 0 Å². The SMILES string of the molecule is COc1ccc(CN=C(N)Nc2ccc(OC(F)(F)F)cc2)cc1F.I. The summed E-state index contributed by atoms with van der Waals surface area (Å²) in [6, 6.07) is 9.39. The molecule has 0 amide bonds. The highest BCUT2D eigenvalue weighted by Crippen LogP contribution is 2.24. The number of methoxy groups -OCH3 is 1. The molecule has 0 unspecified atom stereocenters. The zero-order valence-electron chi connectivity index (χ0n) is 13.5. The lowest BCUT2D eigenvalue weighted by atomic mass is 10.2. The van der Waals surface area contributed by atoms with E-state index < -0.39 is 12.2 Å². The fourth-order valence-corrected chi connectivity index (χ4v) is 1.91. The van der Waals surface area contributed by atoms with Crippen LogP contribution in [0.5, 0.6) is 11.5 Å². The second-order valence-electron chi connectivity index (χ2n) is 4.87. The van der Waals surface area contributed by atoms with Crippen LogP contribution < -0.4 is 20.5 Å². The number of aliphatic imine (C=N–C) groups is 1. The minimum absolute atomic E-state index is 0. The number of rotatable bonds is 5. The summed E-state index contributed by atoms with van der Waals surface area (Å²) in [5.41, 5.74) is 6.70. The molecular weight excluding hydrogens is 469 g/mol. The molecule has 142 valence electrons. The van der Waals surface area contributed by atoms with E-state index in [4.69, 9.17) is 10.5 Å². The first-order chi connectivity index (χ1) is 11.8. The molecule has 3 N–H and O–H groups in total. The normalized spacial score (nSPS) is 11.5. The van der Waals surface area contributed by atoms with Gasteiger partial charge in [-0.25, -0.2) is 9.38 Å². The molecule has 2 aromatic rings. The maximum absolute atomic E-state index is 13.6. The minimum Gasteiger partial charge on any atom is -0.494 e. The van der Waals surface area contributed by atoms with Gasteiger partial charge in [-0.05, 0) is 42.0 Å². The molecule has 0 heterocycles. The average Bonchev–Trinajstić information content (AvgIpc) is 2.53. The topological polar surface area (TPSA) is 68.9 Å². The van der Waals surface area contributed by atoms with Gasteiger partial charge in [0, 0.05) is 5.69 Å². The average molecular weight is 485 g/mol. The number of alkyl halides is 3. The van der Waals surface area contributed by atoms with Crippen molar-refractivity contribution in [3.8, 4) is 11.5 Å². The van der Waals surface area contributed by atoms with Crippen LogP contribution in [0.15, 0.2) is 47.5 Å². The van der Waals surface area contributed by atoms with Crippen molar-refractivity contribution in [3.63, 3.8) is 0 Å². The fraction of sp³-hybridized carbons (Fsp3) is 0.188. The van der Waals surface area contributed by atoms with Gasteiger partial charge in [0.2, 0.25) is 0 Å². The van der Waals surface area contributed by atoms with Crippen molar-refractivity contribution < 1.29 is 27.0 Å². The molecule has 26 heavy (non-hydrogen) atoms. The van der Waals surface area contributed by atoms with Crippen molar-refractivity contribution in [2.45, 2.75) is 12.9 Å². The van der Waals surface area contributed by atoms with Crippen molar-refractivity contribution in [1.82, 2.24) is 0 Å². The Morgan fingerprint density at radius 3 is 2.35 bits per heavy atom. The van der Waals surface area contributed by atoms with Crippen LogP contribution in [0.1, 0.15) is 5.56 Å². The van der Waals surface area contributed by atoms with E-state index in [1.165, 1.54) is 31.4 Å². The molecule has 0 bridgehead atoms. The summed E-state index contributed by atoms with van der Waals surface area (Å²) in [6.45, 7) is 0.120.